The summed E-state index contributed by atoms with van der Waals surface area (Å²) >= 11 is 0. The van der Waals surface area contributed by atoms with Crippen molar-refractivity contribution in [2.45, 2.75) is 19.8 Å². The van der Waals surface area contributed by atoms with E-state index in [1.54, 1.807) is 7.11 Å². The zero-order chi connectivity index (χ0) is 15.3. The van der Waals surface area contributed by atoms with Crippen LogP contribution in [0, 0.1) is 12.8 Å². The Morgan fingerprint density at radius 2 is 1.67 bits per heavy atom. The molecule has 1 aromatic rings. The molecule has 0 spiro atoms. The van der Waals surface area contributed by atoms with Crippen LogP contribution < -0.4 is 0 Å². The highest BCUT2D eigenvalue weighted by atomic mass is 16.5. The van der Waals surface area contributed by atoms with E-state index in [4.69, 9.17) is 14.2 Å². The summed E-state index contributed by atoms with van der Waals surface area (Å²) in [6.07, 6.45) is 1.76. The molecule has 1 atom stereocenters. The third kappa shape index (κ3) is 8.17. The topological polar surface area (TPSA) is 47.9 Å². The van der Waals surface area contributed by atoms with Gasteiger partial charge in [-0.3, -0.25) is 0 Å². The molecule has 4 heteroatoms. The minimum absolute atomic E-state index is 0.196. The second-order valence-electron chi connectivity index (χ2n) is 5.19. The highest BCUT2D eigenvalue weighted by molar-refractivity contribution is 5.25. The first-order chi connectivity index (χ1) is 10.3. The van der Waals surface area contributed by atoms with Crippen LogP contribution in [0.15, 0.2) is 24.3 Å². The normalized spacial score (nSPS) is 12.5. The molecule has 1 aromatic carbocycles. The largest absolute Gasteiger partial charge is 0.396 e. The molecular formula is C17H28O4. The van der Waals surface area contributed by atoms with E-state index < -0.39 is 0 Å². The summed E-state index contributed by atoms with van der Waals surface area (Å²) in [6, 6.07) is 8.32. The number of hydrogen-bond donors (Lipinski definition) is 1. The van der Waals surface area contributed by atoms with Crippen LogP contribution in [0.2, 0.25) is 0 Å². The van der Waals surface area contributed by atoms with Gasteiger partial charge in [0, 0.05) is 20.3 Å². The standard InChI is InChI=1S/C17H28O4/c1-15-5-3-4-6-17(15)13-16(14-18)7-8-20-11-12-21-10-9-19-2/h3-6,16,18H,7-14H2,1-2H3. The van der Waals surface area contributed by atoms with E-state index in [2.05, 4.69) is 19.1 Å². The third-order valence-corrected chi connectivity index (χ3v) is 3.50. The molecule has 0 radical (unpaired) electrons. The van der Waals surface area contributed by atoms with Crippen LogP contribution in [0.25, 0.3) is 0 Å². The van der Waals surface area contributed by atoms with E-state index in [1.807, 2.05) is 12.1 Å². The monoisotopic (exact) mass is 296 g/mol. The van der Waals surface area contributed by atoms with Gasteiger partial charge >= 0.3 is 0 Å². The van der Waals surface area contributed by atoms with E-state index in [0.29, 0.717) is 33.0 Å². The lowest BCUT2D eigenvalue weighted by Gasteiger charge is -2.15. The van der Waals surface area contributed by atoms with Gasteiger partial charge in [0.15, 0.2) is 0 Å². The van der Waals surface area contributed by atoms with E-state index in [-0.39, 0.29) is 12.5 Å². The predicted molar refractivity (Wildman–Crippen MR) is 83.6 cm³/mol. The number of hydrogen-bond acceptors (Lipinski definition) is 4. The summed E-state index contributed by atoms with van der Waals surface area (Å²) in [5, 5.41) is 9.48. The molecule has 0 aliphatic rings. The molecule has 0 aliphatic heterocycles. The number of aliphatic hydroxyl groups excluding tert-OH is 1. The van der Waals surface area contributed by atoms with Crippen LogP contribution in [-0.4, -0.2) is 51.9 Å². The molecule has 1 rings (SSSR count). The number of rotatable bonds is 12. The first kappa shape index (κ1) is 18.1. The molecule has 120 valence electrons. The van der Waals surface area contributed by atoms with Crippen molar-refractivity contribution in [1.29, 1.82) is 0 Å². The fourth-order valence-corrected chi connectivity index (χ4v) is 2.12. The summed E-state index contributed by atoms with van der Waals surface area (Å²) in [6.45, 7) is 5.36. The first-order valence-electron chi connectivity index (χ1n) is 7.57. The van der Waals surface area contributed by atoms with Crippen molar-refractivity contribution in [3.8, 4) is 0 Å². The van der Waals surface area contributed by atoms with Crippen molar-refractivity contribution in [1.82, 2.24) is 0 Å². The van der Waals surface area contributed by atoms with Crippen molar-refractivity contribution >= 4 is 0 Å². The van der Waals surface area contributed by atoms with Crippen molar-refractivity contribution < 1.29 is 19.3 Å². The minimum Gasteiger partial charge on any atom is -0.396 e. The maximum atomic E-state index is 9.48. The SMILES string of the molecule is COCCOCCOCCC(CO)Cc1ccccc1C. The smallest absolute Gasteiger partial charge is 0.0701 e. The Bertz CT molecular complexity index is 368. The second-order valence-corrected chi connectivity index (χ2v) is 5.19. The van der Waals surface area contributed by atoms with Crippen molar-refractivity contribution in [2.75, 3.05) is 46.8 Å². The highest BCUT2D eigenvalue weighted by Gasteiger charge is 2.10. The number of aryl methyl sites for hydroxylation is 1. The molecule has 4 nitrogen and oxygen atoms in total. The Kier molecular flexibility index (Phi) is 10.1. The van der Waals surface area contributed by atoms with Crippen LogP contribution in [0.5, 0.6) is 0 Å². The van der Waals surface area contributed by atoms with E-state index in [1.165, 1.54) is 11.1 Å². The van der Waals surface area contributed by atoms with Gasteiger partial charge in [-0.05, 0) is 36.8 Å². The number of ether oxygens (including phenoxy) is 3. The van der Waals surface area contributed by atoms with Gasteiger partial charge in [-0.25, -0.2) is 0 Å². The summed E-state index contributed by atoms with van der Waals surface area (Å²) in [5.41, 5.74) is 2.59. The molecule has 0 saturated carbocycles. The quantitative estimate of drug-likeness (QED) is 0.601. The molecule has 0 aliphatic carbocycles. The average molecular weight is 296 g/mol. The zero-order valence-corrected chi connectivity index (χ0v) is 13.2. The predicted octanol–water partition coefficient (Wildman–Crippen LogP) is 2.22. The Morgan fingerprint density at radius 1 is 1.00 bits per heavy atom. The van der Waals surface area contributed by atoms with Crippen LogP contribution >= 0.6 is 0 Å². The number of benzene rings is 1. The number of aliphatic hydroxyl groups is 1. The molecule has 0 fully saturated rings. The molecule has 0 saturated heterocycles. The Labute approximate surface area is 128 Å². The Balaban J connectivity index is 2.13. The highest BCUT2D eigenvalue weighted by Crippen LogP contribution is 2.15. The molecule has 0 heterocycles. The van der Waals surface area contributed by atoms with Crippen LogP contribution in [0.3, 0.4) is 0 Å². The molecule has 21 heavy (non-hydrogen) atoms. The molecule has 1 N–H and O–H groups in total. The molecule has 0 bridgehead atoms. The molecule has 0 aromatic heterocycles. The van der Waals surface area contributed by atoms with E-state index >= 15 is 0 Å². The lowest BCUT2D eigenvalue weighted by Crippen LogP contribution is -2.15. The Morgan fingerprint density at radius 3 is 2.33 bits per heavy atom. The maximum absolute atomic E-state index is 9.48. The minimum atomic E-state index is 0.196. The molecule has 0 amide bonds. The lowest BCUT2D eigenvalue weighted by atomic mass is 9.94. The van der Waals surface area contributed by atoms with Gasteiger partial charge in [0.1, 0.15) is 0 Å². The van der Waals surface area contributed by atoms with Gasteiger partial charge in [0.25, 0.3) is 0 Å². The first-order valence-corrected chi connectivity index (χ1v) is 7.57. The lowest BCUT2D eigenvalue weighted by molar-refractivity contribution is 0.0201. The van der Waals surface area contributed by atoms with Crippen LogP contribution in [-0.2, 0) is 20.6 Å². The maximum Gasteiger partial charge on any atom is 0.0701 e. The van der Waals surface area contributed by atoms with Crippen molar-refractivity contribution in [2.24, 2.45) is 5.92 Å². The fraction of sp³-hybridized carbons (Fsp3) is 0.647. The van der Waals surface area contributed by atoms with Gasteiger partial charge in [-0.2, -0.15) is 0 Å². The van der Waals surface area contributed by atoms with E-state index in [0.717, 1.165) is 12.8 Å². The van der Waals surface area contributed by atoms with E-state index in [9.17, 15) is 5.11 Å². The Hall–Kier alpha value is -0.940. The van der Waals surface area contributed by atoms with Gasteiger partial charge in [0.05, 0.1) is 26.4 Å². The van der Waals surface area contributed by atoms with Gasteiger partial charge in [-0.1, -0.05) is 24.3 Å². The zero-order valence-electron chi connectivity index (χ0n) is 13.2. The number of methoxy groups -OCH3 is 1. The van der Waals surface area contributed by atoms with Crippen molar-refractivity contribution in [3.63, 3.8) is 0 Å². The van der Waals surface area contributed by atoms with Gasteiger partial charge < -0.3 is 19.3 Å². The molecular weight excluding hydrogens is 268 g/mol. The van der Waals surface area contributed by atoms with Gasteiger partial charge in [0.2, 0.25) is 0 Å². The second kappa shape index (κ2) is 11.7. The van der Waals surface area contributed by atoms with Gasteiger partial charge in [-0.15, -0.1) is 0 Å². The third-order valence-electron chi connectivity index (χ3n) is 3.50. The average Bonchev–Trinajstić information content (AvgIpc) is 2.50. The summed E-state index contributed by atoms with van der Waals surface area (Å²) < 4.78 is 15.7. The summed E-state index contributed by atoms with van der Waals surface area (Å²) in [5.74, 6) is 0.250. The summed E-state index contributed by atoms with van der Waals surface area (Å²) in [4.78, 5) is 0. The van der Waals surface area contributed by atoms with Crippen LogP contribution in [0.4, 0.5) is 0 Å². The van der Waals surface area contributed by atoms with Crippen molar-refractivity contribution in [3.05, 3.63) is 35.4 Å². The summed E-state index contributed by atoms with van der Waals surface area (Å²) in [7, 11) is 1.66. The van der Waals surface area contributed by atoms with Crippen LogP contribution in [0.1, 0.15) is 17.5 Å². The fourth-order valence-electron chi connectivity index (χ4n) is 2.12. The molecule has 1 unspecified atom stereocenters.